The van der Waals surface area contributed by atoms with E-state index in [4.69, 9.17) is 10.0 Å². The van der Waals surface area contributed by atoms with E-state index in [1.54, 1.807) is 0 Å². The number of hydrogen-bond acceptors (Lipinski definition) is 4. The van der Waals surface area contributed by atoms with Gasteiger partial charge in [0.05, 0.1) is 4.90 Å². The normalized spacial score (nSPS) is 11.4. The fraction of sp³-hybridized carbons (Fsp3) is 0.143. The first-order chi connectivity index (χ1) is 6.47. The van der Waals surface area contributed by atoms with Gasteiger partial charge in [0, 0.05) is 0 Å². The van der Waals surface area contributed by atoms with Crippen LogP contribution in [0.1, 0.15) is 0 Å². The highest BCUT2D eigenvalue weighted by molar-refractivity contribution is 7.91. The molecule has 0 aliphatic carbocycles. The van der Waals surface area contributed by atoms with Crippen LogP contribution in [0.4, 0.5) is 4.39 Å². The lowest BCUT2D eigenvalue weighted by atomic mass is 9.81. The molecule has 0 bridgehead atoms. The Morgan fingerprint density at radius 1 is 1.21 bits per heavy atom. The summed E-state index contributed by atoms with van der Waals surface area (Å²) in [6.45, 7) is 0. The quantitative estimate of drug-likeness (QED) is 0.642. The van der Waals surface area contributed by atoms with Crippen LogP contribution in [0.5, 0.6) is 0 Å². The highest BCUT2D eigenvalue weighted by atomic mass is 32.2. The molecule has 2 N–H and O–H groups in total. The van der Waals surface area contributed by atoms with Gasteiger partial charge >= 0.3 is 7.12 Å². The first-order valence-electron chi connectivity index (χ1n) is 3.72. The number of rotatable bonds is 3. The Bertz CT molecular complexity index is 400. The van der Waals surface area contributed by atoms with E-state index >= 15 is 0 Å². The molecule has 76 valence electrons. The summed E-state index contributed by atoms with van der Waals surface area (Å²) in [7, 11) is -5.53. The second-order valence-electron chi connectivity index (χ2n) is 2.67. The van der Waals surface area contributed by atoms with Gasteiger partial charge in [-0.2, -0.15) is 0 Å². The maximum atomic E-state index is 12.0. The first kappa shape index (κ1) is 11.2. The van der Waals surface area contributed by atoms with Crippen molar-refractivity contribution in [3.8, 4) is 0 Å². The minimum Gasteiger partial charge on any atom is -0.423 e. The summed E-state index contributed by atoms with van der Waals surface area (Å²) >= 11 is 0. The Labute approximate surface area is 81.1 Å². The topological polar surface area (TPSA) is 74.6 Å². The van der Waals surface area contributed by atoms with Crippen LogP contribution in [0.3, 0.4) is 0 Å². The van der Waals surface area contributed by atoms with Gasteiger partial charge in [0.2, 0.25) is 9.84 Å². The van der Waals surface area contributed by atoms with Crippen molar-refractivity contribution in [3.05, 3.63) is 24.3 Å². The van der Waals surface area contributed by atoms with Gasteiger partial charge in [-0.1, -0.05) is 12.1 Å². The van der Waals surface area contributed by atoms with Crippen molar-refractivity contribution in [2.75, 3.05) is 6.01 Å². The van der Waals surface area contributed by atoms with E-state index in [0.29, 0.717) is 0 Å². The van der Waals surface area contributed by atoms with E-state index in [9.17, 15) is 12.8 Å². The zero-order valence-electron chi connectivity index (χ0n) is 7.09. The molecular weight excluding hydrogens is 210 g/mol. The van der Waals surface area contributed by atoms with Crippen LogP contribution in [-0.2, 0) is 9.84 Å². The molecule has 0 aliphatic heterocycles. The molecule has 1 aromatic carbocycles. The van der Waals surface area contributed by atoms with Crippen molar-refractivity contribution in [3.63, 3.8) is 0 Å². The molecule has 0 aromatic heterocycles. The van der Waals surface area contributed by atoms with Crippen LogP contribution in [0.15, 0.2) is 29.2 Å². The Morgan fingerprint density at radius 3 is 2.07 bits per heavy atom. The largest absolute Gasteiger partial charge is 0.488 e. The Kier molecular flexibility index (Phi) is 3.25. The SMILES string of the molecule is O=S(=O)(CF)c1ccc(B(O)O)cc1. The van der Waals surface area contributed by atoms with Crippen molar-refractivity contribution in [1.82, 2.24) is 0 Å². The molecule has 0 amide bonds. The summed E-state index contributed by atoms with van der Waals surface area (Å²) in [6, 6.07) is 3.22. The van der Waals surface area contributed by atoms with Crippen LogP contribution in [0.25, 0.3) is 0 Å². The van der Waals surface area contributed by atoms with Gasteiger partial charge in [-0.15, -0.1) is 0 Å². The monoisotopic (exact) mass is 218 g/mol. The van der Waals surface area contributed by atoms with E-state index in [-0.39, 0.29) is 10.4 Å². The van der Waals surface area contributed by atoms with Crippen LogP contribution < -0.4 is 5.46 Å². The number of alkyl halides is 1. The summed E-state index contributed by atoms with van der Waals surface area (Å²) < 4.78 is 34.0. The maximum Gasteiger partial charge on any atom is 0.488 e. The Morgan fingerprint density at radius 2 is 1.71 bits per heavy atom. The van der Waals surface area contributed by atoms with Crippen LogP contribution in [0, 0.1) is 0 Å². The van der Waals surface area contributed by atoms with Gasteiger partial charge in [0.15, 0.2) is 6.01 Å². The minimum atomic E-state index is -3.87. The zero-order valence-corrected chi connectivity index (χ0v) is 7.91. The number of benzene rings is 1. The first-order valence-corrected chi connectivity index (χ1v) is 5.37. The van der Waals surface area contributed by atoms with E-state index < -0.39 is 23.0 Å². The molecule has 14 heavy (non-hydrogen) atoms. The summed E-state index contributed by atoms with van der Waals surface area (Å²) in [5.74, 6) is 0. The lowest BCUT2D eigenvalue weighted by molar-refractivity contribution is 0.425. The second kappa shape index (κ2) is 4.08. The third-order valence-corrected chi connectivity index (χ3v) is 2.96. The summed E-state index contributed by atoms with van der Waals surface area (Å²) in [5, 5.41) is 17.4. The van der Waals surface area contributed by atoms with Crippen molar-refractivity contribution in [2.24, 2.45) is 0 Å². The summed E-state index contributed by atoms with van der Waals surface area (Å²) in [6.07, 6.45) is 0. The average Bonchev–Trinajstić information content (AvgIpc) is 2.18. The molecule has 0 saturated heterocycles. The van der Waals surface area contributed by atoms with Crippen molar-refractivity contribution < 1.29 is 22.9 Å². The Hall–Kier alpha value is -0.915. The minimum absolute atomic E-state index is 0.155. The van der Waals surface area contributed by atoms with Crippen molar-refractivity contribution >= 4 is 22.4 Å². The van der Waals surface area contributed by atoms with Gasteiger partial charge < -0.3 is 10.0 Å². The molecule has 7 heteroatoms. The molecule has 1 aromatic rings. The third kappa shape index (κ3) is 2.31. The van der Waals surface area contributed by atoms with E-state index in [2.05, 4.69) is 0 Å². The van der Waals surface area contributed by atoms with Crippen molar-refractivity contribution in [2.45, 2.75) is 4.90 Å². The smallest absolute Gasteiger partial charge is 0.423 e. The molecule has 0 atom stereocenters. The van der Waals surface area contributed by atoms with Gasteiger partial charge in [-0.3, -0.25) is 0 Å². The summed E-state index contributed by atoms with van der Waals surface area (Å²) in [4.78, 5) is -0.176. The lowest BCUT2D eigenvalue weighted by Crippen LogP contribution is -2.29. The van der Waals surface area contributed by atoms with Crippen LogP contribution in [-0.4, -0.2) is 31.6 Å². The number of sulfone groups is 1. The van der Waals surface area contributed by atoms with E-state index in [1.165, 1.54) is 12.1 Å². The van der Waals surface area contributed by atoms with Crippen molar-refractivity contribution in [1.29, 1.82) is 0 Å². The van der Waals surface area contributed by atoms with E-state index in [0.717, 1.165) is 12.1 Å². The second-order valence-corrected chi connectivity index (χ2v) is 4.59. The molecule has 0 fully saturated rings. The molecule has 0 aliphatic rings. The molecular formula is C7H8BFO4S. The standard InChI is InChI=1S/C7H8BFO4S/c9-5-14(12,13)7-3-1-6(2-4-7)8(10)11/h1-4,10-11H,5H2. The molecule has 4 nitrogen and oxygen atoms in total. The predicted octanol–water partition coefficient (Wildman–Crippen LogP) is -0.933. The molecule has 1 rings (SSSR count). The van der Waals surface area contributed by atoms with Gasteiger partial charge in [0.1, 0.15) is 0 Å². The molecule has 0 saturated carbocycles. The van der Waals surface area contributed by atoms with Gasteiger partial charge in [0.25, 0.3) is 0 Å². The Balaban J connectivity index is 3.06. The number of hydrogen-bond donors (Lipinski definition) is 2. The molecule has 0 radical (unpaired) electrons. The van der Waals surface area contributed by atoms with Gasteiger partial charge in [-0.25, -0.2) is 12.8 Å². The highest BCUT2D eigenvalue weighted by Crippen LogP contribution is 2.09. The molecule has 0 spiro atoms. The average molecular weight is 218 g/mol. The number of halogens is 1. The van der Waals surface area contributed by atoms with Crippen LogP contribution in [0.2, 0.25) is 0 Å². The third-order valence-electron chi connectivity index (χ3n) is 1.68. The fourth-order valence-corrected chi connectivity index (χ4v) is 1.59. The molecule has 0 unspecified atom stereocenters. The van der Waals surface area contributed by atoms with Crippen LogP contribution >= 0.6 is 0 Å². The predicted molar refractivity (Wildman–Crippen MR) is 49.4 cm³/mol. The maximum absolute atomic E-state index is 12.0. The molecule has 0 heterocycles. The zero-order chi connectivity index (χ0) is 10.8. The fourth-order valence-electron chi connectivity index (χ4n) is 0.910. The van der Waals surface area contributed by atoms with E-state index in [1.807, 2.05) is 0 Å². The van der Waals surface area contributed by atoms with Gasteiger partial charge in [-0.05, 0) is 17.6 Å². The highest BCUT2D eigenvalue weighted by Gasteiger charge is 2.15. The summed E-state index contributed by atoms with van der Waals surface area (Å²) in [5.41, 5.74) is 0.155. The lowest BCUT2D eigenvalue weighted by Gasteiger charge is -2.01.